The van der Waals surface area contributed by atoms with E-state index in [0.717, 1.165) is 6.07 Å². The van der Waals surface area contributed by atoms with Gasteiger partial charge in [-0.3, -0.25) is 9.78 Å². The standard InChI is InChI=1S/C19H19ClF4N2O3S/c1-17(2,3)30(29)26-18(9-16(27)28,15-5-4-13(20)10-25-15)11-6-12(19(22,23)24)8-14(21)7-11/h4-8,10,26H,9H2,1-3H3,(H,27,28)/t18-,30+/m1/s1. The molecule has 30 heavy (non-hydrogen) atoms. The smallest absolute Gasteiger partial charge is 0.416 e. The Labute approximate surface area is 178 Å². The van der Waals surface area contributed by atoms with Crippen molar-refractivity contribution >= 4 is 28.6 Å². The first kappa shape index (κ1) is 24.2. The molecule has 164 valence electrons. The van der Waals surface area contributed by atoms with Crippen molar-refractivity contribution in [2.24, 2.45) is 0 Å². The summed E-state index contributed by atoms with van der Waals surface area (Å²) in [6, 6.07) is 4.32. The third kappa shape index (κ3) is 5.55. The SMILES string of the molecule is CC(C)(C)[S@](=O)N[C@](CC(=O)O)(c1cc(F)cc(C(F)(F)F)c1)c1ccc(Cl)cn1. The fourth-order valence-electron chi connectivity index (χ4n) is 2.65. The van der Waals surface area contributed by atoms with Crippen LogP contribution in [0.15, 0.2) is 36.5 Å². The third-order valence-electron chi connectivity index (χ3n) is 4.12. The highest BCUT2D eigenvalue weighted by atomic mass is 35.5. The maximum absolute atomic E-state index is 14.2. The first-order chi connectivity index (χ1) is 13.6. The van der Waals surface area contributed by atoms with Gasteiger partial charge in [0.25, 0.3) is 0 Å². The van der Waals surface area contributed by atoms with E-state index in [1.807, 2.05) is 0 Å². The molecule has 0 aliphatic carbocycles. The quantitative estimate of drug-likeness (QED) is 0.607. The van der Waals surface area contributed by atoms with E-state index in [9.17, 15) is 31.7 Å². The fourth-order valence-corrected chi connectivity index (χ4v) is 3.68. The fraction of sp³-hybridized carbons (Fsp3) is 0.368. The van der Waals surface area contributed by atoms with Gasteiger partial charge in [-0.2, -0.15) is 13.2 Å². The molecule has 1 heterocycles. The van der Waals surface area contributed by atoms with Gasteiger partial charge in [0.05, 0.1) is 38.4 Å². The minimum absolute atomic E-state index is 0.0781. The summed E-state index contributed by atoms with van der Waals surface area (Å²) < 4.78 is 68.7. The molecule has 0 bridgehead atoms. The summed E-state index contributed by atoms with van der Waals surface area (Å²) in [5, 5.41) is 9.72. The van der Waals surface area contributed by atoms with Crippen LogP contribution in [0, 0.1) is 5.82 Å². The Bertz CT molecular complexity index is 962. The molecule has 0 amide bonds. The lowest BCUT2D eigenvalue weighted by Gasteiger charge is -2.36. The molecule has 0 fully saturated rings. The minimum Gasteiger partial charge on any atom is -0.481 e. The number of aromatic nitrogens is 1. The Morgan fingerprint density at radius 3 is 2.23 bits per heavy atom. The zero-order valence-corrected chi connectivity index (χ0v) is 17.8. The van der Waals surface area contributed by atoms with Crippen molar-refractivity contribution in [3.8, 4) is 0 Å². The Morgan fingerprint density at radius 2 is 1.77 bits per heavy atom. The number of benzene rings is 1. The van der Waals surface area contributed by atoms with E-state index in [1.165, 1.54) is 18.3 Å². The molecular formula is C19H19ClF4N2O3S. The van der Waals surface area contributed by atoms with Gasteiger partial charge >= 0.3 is 12.1 Å². The van der Waals surface area contributed by atoms with Gasteiger partial charge in [-0.05, 0) is 56.7 Å². The number of carboxylic acids is 1. The lowest BCUT2D eigenvalue weighted by molar-refractivity contribution is -0.138. The summed E-state index contributed by atoms with van der Waals surface area (Å²) in [6.07, 6.45) is -4.58. The molecule has 2 N–H and O–H groups in total. The van der Waals surface area contributed by atoms with Crippen molar-refractivity contribution in [3.05, 3.63) is 64.2 Å². The molecule has 1 aromatic carbocycles. The normalized spacial score (nSPS) is 15.5. The molecule has 0 spiro atoms. The zero-order valence-electron chi connectivity index (χ0n) is 16.2. The lowest BCUT2D eigenvalue weighted by Crippen LogP contribution is -2.50. The van der Waals surface area contributed by atoms with Crippen LogP contribution < -0.4 is 4.72 Å². The molecule has 11 heteroatoms. The van der Waals surface area contributed by atoms with Crippen molar-refractivity contribution in [1.82, 2.24) is 9.71 Å². The van der Waals surface area contributed by atoms with E-state index in [1.54, 1.807) is 20.8 Å². The van der Waals surface area contributed by atoms with Crippen molar-refractivity contribution < 1.29 is 31.7 Å². The predicted molar refractivity (Wildman–Crippen MR) is 105 cm³/mol. The Balaban J connectivity index is 2.86. The Kier molecular flexibility index (Phi) is 6.95. The van der Waals surface area contributed by atoms with Crippen LogP contribution in [-0.2, 0) is 27.5 Å². The molecule has 0 saturated carbocycles. The number of hydrogen-bond acceptors (Lipinski definition) is 3. The summed E-state index contributed by atoms with van der Waals surface area (Å²) in [7, 11) is -1.95. The number of rotatable bonds is 6. The third-order valence-corrected chi connectivity index (χ3v) is 5.99. The van der Waals surface area contributed by atoms with Crippen LogP contribution in [0.5, 0.6) is 0 Å². The zero-order chi connectivity index (χ0) is 22.9. The number of alkyl halides is 3. The number of hydrogen-bond donors (Lipinski definition) is 2. The molecule has 2 rings (SSSR count). The number of nitrogens with one attached hydrogen (secondary N) is 1. The van der Waals surface area contributed by atoms with Gasteiger partial charge in [-0.1, -0.05) is 11.6 Å². The summed E-state index contributed by atoms with van der Waals surface area (Å²) in [6.45, 7) is 4.76. The molecule has 0 saturated heterocycles. The average Bonchev–Trinajstić information content (AvgIpc) is 2.59. The Morgan fingerprint density at radius 1 is 1.17 bits per heavy atom. The van der Waals surface area contributed by atoms with E-state index in [0.29, 0.717) is 12.1 Å². The van der Waals surface area contributed by atoms with Gasteiger partial charge in [0.2, 0.25) is 0 Å². The largest absolute Gasteiger partial charge is 0.481 e. The maximum Gasteiger partial charge on any atom is 0.416 e. The number of halogens is 5. The van der Waals surface area contributed by atoms with E-state index in [2.05, 4.69) is 9.71 Å². The minimum atomic E-state index is -4.89. The summed E-state index contributed by atoms with van der Waals surface area (Å²) in [5.74, 6) is -2.66. The number of aliphatic carboxylic acids is 1. The molecule has 5 nitrogen and oxygen atoms in total. The first-order valence-corrected chi connectivity index (χ1v) is 10.1. The van der Waals surface area contributed by atoms with Crippen molar-refractivity contribution in [2.45, 2.75) is 43.7 Å². The molecule has 0 unspecified atom stereocenters. The highest BCUT2D eigenvalue weighted by Gasteiger charge is 2.43. The van der Waals surface area contributed by atoms with E-state index < -0.39 is 51.2 Å². The van der Waals surface area contributed by atoms with Crippen LogP contribution in [0.4, 0.5) is 17.6 Å². The highest BCUT2D eigenvalue weighted by Crippen LogP contribution is 2.38. The molecule has 2 aromatic rings. The van der Waals surface area contributed by atoms with Crippen molar-refractivity contribution in [1.29, 1.82) is 0 Å². The van der Waals surface area contributed by atoms with Crippen molar-refractivity contribution in [2.75, 3.05) is 0 Å². The van der Waals surface area contributed by atoms with Gasteiger partial charge in [-0.25, -0.2) is 13.3 Å². The number of carbonyl (C=O) groups is 1. The van der Waals surface area contributed by atoms with E-state index in [-0.39, 0.29) is 16.3 Å². The second kappa shape index (κ2) is 8.60. The average molecular weight is 467 g/mol. The summed E-state index contributed by atoms with van der Waals surface area (Å²) >= 11 is 5.83. The van der Waals surface area contributed by atoms with Gasteiger partial charge < -0.3 is 5.11 Å². The van der Waals surface area contributed by atoms with Gasteiger partial charge in [0.1, 0.15) is 11.4 Å². The van der Waals surface area contributed by atoms with Gasteiger partial charge in [0, 0.05) is 6.20 Å². The number of carboxylic acid groups (broad SMARTS) is 1. The first-order valence-electron chi connectivity index (χ1n) is 8.57. The van der Waals surface area contributed by atoms with Crippen LogP contribution in [0.2, 0.25) is 5.02 Å². The van der Waals surface area contributed by atoms with Crippen LogP contribution in [0.25, 0.3) is 0 Å². The van der Waals surface area contributed by atoms with Crippen LogP contribution in [0.3, 0.4) is 0 Å². The van der Waals surface area contributed by atoms with Gasteiger partial charge in [-0.15, -0.1) is 0 Å². The van der Waals surface area contributed by atoms with Crippen LogP contribution >= 0.6 is 11.6 Å². The molecule has 0 aliphatic heterocycles. The maximum atomic E-state index is 14.2. The summed E-state index contributed by atoms with van der Waals surface area (Å²) in [5.41, 5.74) is -3.81. The number of nitrogens with zero attached hydrogens (tertiary/aromatic N) is 1. The molecule has 2 atom stereocenters. The molecule has 0 aliphatic rings. The molecule has 1 aromatic heterocycles. The van der Waals surface area contributed by atoms with Crippen LogP contribution in [0.1, 0.15) is 44.0 Å². The van der Waals surface area contributed by atoms with E-state index in [4.69, 9.17) is 11.6 Å². The van der Waals surface area contributed by atoms with Gasteiger partial charge in [0.15, 0.2) is 0 Å². The second-order valence-electron chi connectivity index (χ2n) is 7.55. The summed E-state index contributed by atoms with van der Waals surface area (Å²) in [4.78, 5) is 15.8. The Hall–Kier alpha value is -2.04. The van der Waals surface area contributed by atoms with Crippen molar-refractivity contribution in [3.63, 3.8) is 0 Å². The van der Waals surface area contributed by atoms with E-state index >= 15 is 0 Å². The number of pyridine rings is 1. The molecule has 0 radical (unpaired) electrons. The monoisotopic (exact) mass is 466 g/mol. The predicted octanol–water partition coefficient (Wildman–Crippen LogP) is 4.66. The second-order valence-corrected chi connectivity index (χ2v) is 9.95. The topological polar surface area (TPSA) is 79.3 Å². The highest BCUT2D eigenvalue weighted by molar-refractivity contribution is 7.84. The lowest BCUT2D eigenvalue weighted by atomic mass is 9.83. The van der Waals surface area contributed by atoms with Crippen LogP contribution in [-0.4, -0.2) is 25.0 Å². The molecular weight excluding hydrogens is 448 g/mol.